The average Bonchev–Trinajstić information content (AvgIpc) is 2.97. The maximum atomic E-state index is 5.39. The lowest BCUT2D eigenvalue weighted by molar-refractivity contribution is 0.723. The minimum Gasteiger partial charge on any atom is -0.362 e. The van der Waals surface area contributed by atoms with Gasteiger partial charge in [-0.15, -0.1) is 0 Å². The molecule has 2 N–H and O–H groups in total. The van der Waals surface area contributed by atoms with Crippen molar-refractivity contribution in [1.82, 2.24) is 10.3 Å². The van der Waals surface area contributed by atoms with Crippen molar-refractivity contribution in [2.45, 2.75) is 19.8 Å². The maximum Gasteiger partial charge on any atom is 0.190 e. The molecule has 0 aliphatic heterocycles. The summed E-state index contributed by atoms with van der Waals surface area (Å²) in [7, 11) is 0. The molecule has 0 fully saturated rings. The van der Waals surface area contributed by atoms with Crippen LogP contribution >= 0.6 is 23.6 Å². The molecule has 118 valence electrons. The topological polar surface area (TPSA) is 37.0 Å². The van der Waals surface area contributed by atoms with Gasteiger partial charge in [0.2, 0.25) is 0 Å². The summed E-state index contributed by atoms with van der Waals surface area (Å²) >= 11 is 7.01. The van der Waals surface area contributed by atoms with Crippen LogP contribution in [0.4, 0.5) is 5.13 Å². The van der Waals surface area contributed by atoms with Crippen molar-refractivity contribution in [3.8, 4) is 0 Å². The Kier molecular flexibility index (Phi) is 4.88. The first-order valence-electron chi connectivity index (χ1n) is 7.59. The van der Waals surface area contributed by atoms with Crippen LogP contribution in [0.15, 0.2) is 48.5 Å². The number of fused-ring (bicyclic) bond motifs is 1. The summed E-state index contributed by atoms with van der Waals surface area (Å²) in [4.78, 5) is 4.62. The Bertz CT molecular complexity index is 812. The first-order valence-corrected chi connectivity index (χ1v) is 8.82. The monoisotopic (exact) mass is 341 g/mol. The number of thiocarbonyl (C=S) groups is 1. The highest BCUT2D eigenvalue weighted by Crippen LogP contribution is 2.27. The van der Waals surface area contributed by atoms with Crippen LogP contribution in [0.5, 0.6) is 0 Å². The summed E-state index contributed by atoms with van der Waals surface area (Å²) in [6.45, 7) is 5.05. The van der Waals surface area contributed by atoms with E-state index in [0.717, 1.165) is 17.2 Å². The van der Waals surface area contributed by atoms with Gasteiger partial charge in [-0.2, -0.15) is 0 Å². The second kappa shape index (κ2) is 7.06. The van der Waals surface area contributed by atoms with Gasteiger partial charge in [0, 0.05) is 6.54 Å². The number of hydrogen-bond acceptors (Lipinski definition) is 3. The van der Waals surface area contributed by atoms with Gasteiger partial charge >= 0.3 is 0 Å². The SMILES string of the molecule is Cc1cccc2sc(NC(=S)NC[C@H](C)c3ccccc3)nc12. The molecule has 1 heterocycles. The molecule has 0 bridgehead atoms. The summed E-state index contributed by atoms with van der Waals surface area (Å²) in [5, 5.41) is 7.92. The van der Waals surface area contributed by atoms with E-state index in [-0.39, 0.29) is 0 Å². The van der Waals surface area contributed by atoms with Gasteiger partial charge < -0.3 is 10.6 Å². The van der Waals surface area contributed by atoms with E-state index in [1.165, 1.54) is 15.8 Å². The van der Waals surface area contributed by atoms with Crippen molar-refractivity contribution >= 4 is 44.0 Å². The fourth-order valence-electron chi connectivity index (χ4n) is 2.43. The fourth-order valence-corrected chi connectivity index (χ4v) is 3.62. The smallest absolute Gasteiger partial charge is 0.190 e. The predicted octanol–water partition coefficient (Wildman–Crippen LogP) is 4.69. The van der Waals surface area contributed by atoms with E-state index >= 15 is 0 Å². The van der Waals surface area contributed by atoms with Gasteiger partial charge in [-0.25, -0.2) is 4.98 Å². The molecule has 2 aromatic carbocycles. The number of benzene rings is 2. The van der Waals surface area contributed by atoms with Crippen LogP contribution in [0.2, 0.25) is 0 Å². The number of hydrogen-bond donors (Lipinski definition) is 2. The van der Waals surface area contributed by atoms with Crippen molar-refractivity contribution < 1.29 is 0 Å². The quantitative estimate of drug-likeness (QED) is 0.675. The Labute approximate surface area is 145 Å². The maximum absolute atomic E-state index is 5.39. The summed E-state index contributed by atoms with van der Waals surface area (Å²) in [5.74, 6) is 0.397. The highest BCUT2D eigenvalue weighted by atomic mass is 32.1. The van der Waals surface area contributed by atoms with Gasteiger partial charge in [-0.05, 0) is 42.3 Å². The molecule has 0 spiro atoms. The van der Waals surface area contributed by atoms with Crippen molar-refractivity contribution in [1.29, 1.82) is 0 Å². The zero-order chi connectivity index (χ0) is 16.2. The molecule has 0 amide bonds. The van der Waals surface area contributed by atoms with Gasteiger partial charge in [0.05, 0.1) is 10.2 Å². The molecule has 3 aromatic rings. The van der Waals surface area contributed by atoms with Crippen LogP contribution < -0.4 is 10.6 Å². The summed E-state index contributed by atoms with van der Waals surface area (Å²) in [5.41, 5.74) is 3.53. The average molecular weight is 342 g/mol. The van der Waals surface area contributed by atoms with Gasteiger partial charge in [-0.3, -0.25) is 0 Å². The highest BCUT2D eigenvalue weighted by Gasteiger charge is 2.09. The van der Waals surface area contributed by atoms with Gasteiger partial charge in [-0.1, -0.05) is 60.7 Å². The van der Waals surface area contributed by atoms with Crippen molar-refractivity contribution in [3.05, 3.63) is 59.7 Å². The number of thiazole rings is 1. The van der Waals surface area contributed by atoms with E-state index in [9.17, 15) is 0 Å². The third-order valence-corrected chi connectivity index (χ3v) is 4.96. The molecule has 0 unspecified atom stereocenters. The number of nitrogens with one attached hydrogen (secondary N) is 2. The Hall–Kier alpha value is -1.98. The standard InChI is InChI=1S/C18H19N3S2/c1-12-7-6-10-15-16(12)20-18(23-15)21-17(22)19-11-13(2)14-8-4-3-5-9-14/h3-10,13H,11H2,1-2H3,(H2,19,20,21,22)/t13-/m0/s1. The molecule has 0 aliphatic carbocycles. The zero-order valence-corrected chi connectivity index (χ0v) is 14.8. The molecule has 1 atom stereocenters. The molecular weight excluding hydrogens is 322 g/mol. The first kappa shape index (κ1) is 15.9. The predicted molar refractivity (Wildman–Crippen MR) is 103 cm³/mol. The Morgan fingerprint density at radius 1 is 1.17 bits per heavy atom. The van der Waals surface area contributed by atoms with E-state index in [1.807, 2.05) is 6.07 Å². The molecule has 3 nitrogen and oxygen atoms in total. The van der Waals surface area contributed by atoms with Gasteiger partial charge in [0.25, 0.3) is 0 Å². The number of anilines is 1. The highest BCUT2D eigenvalue weighted by molar-refractivity contribution is 7.80. The normalized spacial score (nSPS) is 12.1. The van der Waals surface area contributed by atoms with Crippen LogP contribution in [-0.4, -0.2) is 16.6 Å². The van der Waals surface area contributed by atoms with Crippen LogP contribution in [-0.2, 0) is 0 Å². The lowest BCUT2D eigenvalue weighted by atomic mass is 10.0. The molecule has 5 heteroatoms. The Balaban J connectivity index is 1.59. The van der Waals surface area contributed by atoms with E-state index in [2.05, 4.69) is 71.9 Å². The minimum absolute atomic E-state index is 0.397. The number of rotatable bonds is 4. The third-order valence-electron chi connectivity index (χ3n) is 3.78. The molecule has 23 heavy (non-hydrogen) atoms. The van der Waals surface area contributed by atoms with E-state index in [0.29, 0.717) is 11.0 Å². The van der Waals surface area contributed by atoms with Gasteiger partial charge in [0.15, 0.2) is 10.2 Å². The molecule has 0 aliphatic rings. The molecule has 0 radical (unpaired) electrons. The largest absolute Gasteiger partial charge is 0.362 e. The lowest BCUT2D eigenvalue weighted by Crippen LogP contribution is -2.31. The first-order chi connectivity index (χ1) is 11.1. The summed E-state index contributed by atoms with van der Waals surface area (Å²) < 4.78 is 1.17. The molecular formula is C18H19N3S2. The van der Waals surface area contributed by atoms with Crippen LogP contribution in [0.25, 0.3) is 10.2 Å². The van der Waals surface area contributed by atoms with Crippen LogP contribution in [0.3, 0.4) is 0 Å². The Morgan fingerprint density at radius 3 is 2.70 bits per heavy atom. The summed E-state index contributed by atoms with van der Waals surface area (Å²) in [6, 6.07) is 16.6. The molecule has 0 saturated heterocycles. The van der Waals surface area contributed by atoms with E-state index < -0.39 is 0 Å². The zero-order valence-electron chi connectivity index (χ0n) is 13.2. The van der Waals surface area contributed by atoms with Crippen molar-refractivity contribution in [2.75, 3.05) is 11.9 Å². The Morgan fingerprint density at radius 2 is 1.96 bits per heavy atom. The van der Waals surface area contributed by atoms with Gasteiger partial charge in [0.1, 0.15) is 0 Å². The van der Waals surface area contributed by atoms with Crippen molar-refractivity contribution in [3.63, 3.8) is 0 Å². The van der Waals surface area contributed by atoms with E-state index in [1.54, 1.807) is 11.3 Å². The number of aryl methyl sites for hydroxylation is 1. The summed E-state index contributed by atoms with van der Waals surface area (Å²) in [6.07, 6.45) is 0. The number of nitrogens with zero attached hydrogens (tertiary/aromatic N) is 1. The number of aromatic nitrogens is 1. The number of para-hydroxylation sites is 1. The van der Waals surface area contributed by atoms with Crippen molar-refractivity contribution in [2.24, 2.45) is 0 Å². The van der Waals surface area contributed by atoms with Crippen LogP contribution in [0, 0.1) is 6.92 Å². The second-order valence-corrected chi connectivity index (χ2v) is 7.03. The van der Waals surface area contributed by atoms with Crippen LogP contribution in [0.1, 0.15) is 24.0 Å². The minimum atomic E-state index is 0.397. The third kappa shape index (κ3) is 3.86. The fraction of sp³-hybridized carbons (Fsp3) is 0.222. The second-order valence-electron chi connectivity index (χ2n) is 5.59. The molecule has 3 rings (SSSR count). The van der Waals surface area contributed by atoms with E-state index in [4.69, 9.17) is 12.2 Å². The molecule has 0 saturated carbocycles. The lowest BCUT2D eigenvalue weighted by Gasteiger charge is -2.14. The molecule has 1 aromatic heterocycles.